The number of rotatable bonds is 4. The molecule has 98 valence electrons. The molecule has 2 rings (SSSR count). The van der Waals surface area contributed by atoms with Gasteiger partial charge in [-0.15, -0.1) is 0 Å². The van der Waals surface area contributed by atoms with Gasteiger partial charge in [0.25, 0.3) is 0 Å². The highest BCUT2D eigenvalue weighted by Gasteiger charge is 2.26. The average molecular weight is 286 g/mol. The molecule has 1 unspecified atom stereocenters. The summed E-state index contributed by atoms with van der Waals surface area (Å²) in [5, 5.41) is -0.350. The van der Waals surface area contributed by atoms with E-state index in [2.05, 4.69) is 0 Å². The summed E-state index contributed by atoms with van der Waals surface area (Å²) in [7, 11) is -3.77. The molecule has 1 aliphatic carbocycles. The van der Waals surface area contributed by atoms with Gasteiger partial charge in [-0.2, -0.15) is 12.0 Å². The molecule has 18 heavy (non-hydrogen) atoms. The van der Waals surface area contributed by atoms with Gasteiger partial charge >= 0.3 is 10.1 Å². The summed E-state index contributed by atoms with van der Waals surface area (Å²) < 4.78 is 28.5. The summed E-state index contributed by atoms with van der Waals surface area (Å²) >= 11 is 0.770. The maximum absolute atomic E-state index is 11.8. The largest absolute Gasteiger partial charge is 0.307 e. The normalized spacial score (nSPS) is 20.9. The highest BCUT2D eigenvalue weighted by molar-refractivity contribution is 8.05. The molecule has 0 aromatic heterocycles. The van der Waals surface area contributed by atoms with Crippen molar-refractivity contribution in [2.75, 3.05) is 0 Å². The molecule has 1 aliphatic rings. The van der Waals surface area contributed by atoms with E-state index >= 15 is 0 Å². The first-order valence-electron chi connectivity index (χ1n) is 5.77. The van der Waals surface area contributed by atoms with Gasteiger partial charge in [-0.05, 0) is 25.0 Å². The number of ketones is 1. The van der Waals surface area contributed by atoms with Crippen molar-refractivity contribution >= 4 is 27.9 Å². The lowest BCUT2D eigenvalue weighted by atomic mass is 9.99. The molecule has 1 aromatic carbocycles. The smallest absolute Gasteiger partial charge is 0.298 e. The Kier molecular flexibility index (Phi) is 4.42. The Bertz CT molecular complexity index is 510. The van der Waals surface area contributed by atoms with Gasteiger partial charge in [0, 0.05) is 18.5 Å². The zero-order valence-electron chi connectivity index (χ0n) is 9.74. The van der Waals surface area contributed by atoms with E-state index in [1.165, 1.54) is 12.1 Å². The number of carbonyl (C=O) groups is 1. The van der Waals surface area contributed by atoms with Crippen molar-refractivity contribution in [2.45, 2.75) is 35.8 Å². The average Bonchev–Trinajstić information content (AvgIpc) is 2.39. The fourth-order valence-electron chi connectivity index (χ4n) is 1.78. The van der Waals surface area contributed by atoms with E-state index in [1.54, 1.807) is 18.2 Å². The van der Waals surface area contributed by atoms with Crippen LogP contribution in [0.3, 0.4) is 0 Å². The minimum absolute atomic E-state index is 0.0783. The lowest BCUT2D eigenvalue weighted by molar-refractivity contribution is -0.119. The lowest BCUT2D eigenvalue weighted by Gasteiger charge is -2.18. The standard InChI is InChI=1S/C12H14O4S2/c13-11-8-4-5-9-12(11)17-16-18(14,15)10-6-2-1-3-7-10/h1-3,6-7,12H,4-5,8-9H2. The van der Waals surface area contributed by atoms with Crippen LogP contribution in [-0.4, -0.2) is 19.5 Å². The fraction of sp³-hybridized carbons (Fsp3) is 0.417. The second-order valence-corrected chi connectivity index (χ2v) is 6.82. The molecular formula is C12H14O4S2. The molecular weight excluding hydrogens is 272 g/mol. The van der Waals surface area contributed by atoms with Crippen LogP contribution in [0.1, 0.15) is 25.7 Å². The minimum Gasteiger partial charge on any atom is -0.298 e. The number of carbonyl (C=O) groups excluding carboxylic acids is 1. The molecule has 6 heteroatoms. The van der Waals surface area contributed by atoms with Gasteiger partial charge in [-0.1, -0.05) is 24.6 Å². The summed E-state index contributed by atoms with van der Waals surface area (Å²) in [5.41, 5.74) is 0. The predicted molar refractivity (Wildman–Crippen MR) is 69.6 cm³/mol. The molecule has 1 saturated carbocycles. The number of Topliss-reactive ketones (excluding diaryl/α,β-unsaturated/α-hetero) is 1. The first-order chi connectivity index (χ1) is 8.59. The quantitative estimate of drug-likeness (QED) is 0.796. The molecule has 0 saturated heterocycles. The summed E-state index contributed by atoms with van der Waals surface area (Å²) in [5.74, 6) is 0.0783. The number of hydrogen-bond acceptors (Lipinski definition) is 5. The highest BCUT2D eigenvalue weighted by Crippen LogP contribution is 2.29. The molecule has 0 heterocycles. The van der Waals surface area contributed by atoms with E-state index in [1.807, 2.05) is 0 Å². The second kappa shape index (κ2) is 5.86. The van der Waals surface area contributed by atoms with Crippen LogP contribution in [0.4, 0.5) is 0 Å². The van der Waals surface area contributed by atoms with Crippen LogP contribution in [0, 0.1) is 0 Å². The van der Waals surface area contributed by atoms with E-state index in [4.69, 9.17) is 3.63 Å². The van der Waals surface area contributed by atoms with Gasteiger partial charge in [0.05, 0.1) is 10.1 Å². The van der Waals surface area contributed by atoms with Crippen LogP contribution in [-0.2, 0) is 18.5 Å². The maximum atomic E-state index is 11.8. The van der Waals surface area contributed by atoms with E-state index < -0.39 is 10.1 Å². The molecule has 0 bridgehead atoms. The van der Waals surface area contributed by atoms with Crippen molar-refractivity contribution in [3.63, 3.8) is 0 Å². The molecule has 0 aliphatic heterocycles. The van der Waals surface area contributed by atoms with Crippen molar-refractivity contribution in [1.82, 2.24) is 0 Å². The molecule has 0 N–H and O–H groups in total. The van der Waals surface area contributed by atoms with Crippen LogP contribution in [0.15, 0.2) is 35.2 Å². The van der Waals surface area contributed by atoms with E-state index in [0.29, 0.717) is 12.8 Å². The summed E-state index contributed by atoms with van der Waals surface area (Å²) in [6.07, 6.45) is 3.04. The Balaban J connectivity index is 1.99. The van der Waals surface area contributed by atoms with Crippen molar-refractivity contribution < 1.29 is 16.8 Å². The van der Waals surface area contributed by atoms with Crippen LogP contribution < -0.4 is 0 Å². The summed E-state index contributed by atoms with van der Waals surface area (Å²) in [6.45, 7) is 0. The molecule has 1 aromatic rings. The van der Waals surface area contributed by atoms with E-state index in [9.17, 15) is 13.2 Å². The molecule has 1 fully saturated rings. The fourth-order valence-corrected chi connectivity index (χ4v) is 3.86. The third kappa shape index (κ3) is 3.34. The van der Waals surface area contributed by atoms with Crippen molar-refractivity contribution in [1.29, 1.82) is 0 Å². The van der Waals surface area contributed by atoms with Gasteiger partial charge in [-0.3, -0.25) is 4.79 Å². The van der Waals surface area contributed by atoms with Gasteiger partial charge in [-0.25, -0.2) is 0 Å². The Labute approximate surface area is 111 Å². The van der Waals surface area contributed by atoms with Crippen molar-refractivity contribution in [3.8, 4) is 0 Å². The van der Waals surface area contributed by atoms with E-state index in [0.717, 1.165) is 24.9 Å². The van der Waals surface area contributed by atoms with Crippen molar-refractivity contribution in [3.05, 3.63) is 30.3 Å². The molecule has 4 nitrogen and oxygen atoms in total. The monoisotopic (exact) mass is 286 g/mol. The zero-order chi connectivity index (χ0) is 13.0. The van der Waals surface area contributed by atoms with Crippen molar-refractivity contribution in [2.24, 2.45) is 0 Å². The van der Waals surface area contributed by atoms with Gasteiger partial charge in [0.15, 0.2) is 0 Å². The van der Waals surface area contributed by atoms with Crippen LogP contribution in [0.25, 0.3) is 0 Å². The van der Waals surface area contributed by atoms with Gasteiger partial charge < -0.3 is 0 Å². The Morgan fingerprint density at radius 3 is 2.56 bits per heavy atom. The maximum Gasteiger partial charge on any atom is 0.307 e. The Hall–Kier alpha value is -0.850. The van der Waals surface area contributed by atoms with Crippen LogP contribution in [0.5, 0.6) is 0 Å². The predicted octanol–water partition coefficient (Wildman–Crippen LogP) is 2.55. The Morgan fingerprint density at radius 1 is 1.17 bits per heavy atom. The number of hydrogen-bond donors (Lipinski definition) is 0. The first-order valence-corrected chi connectivity index (χ1v) is 7.98. The third-order valence-electron chi connectivity index (χ3n) is 2.78. The summed E-state index contributed by atoms with van der Waals surface area (Å²) in [6, 6.07) is 7.94. The SMILES string of the molecule is O=C1CCCCC1SOS(=O)(=O)c1ccccc1. The highest BCUT2D eigenvalue weighted by atomic mass is 32.3. The second-order valence-electron chi connectivity index (χ2n) is 4.13. The molecule has 0 amide bonds. The van der Waals surface area contributed by atoms with Gasteiger partial charge in [0.1, 0.15) is 5.78 Å². The molecule has 1 atom stereocenters. The zero-order valence-corrected chi connectivity index (χ0v) is 11.4. The molecule has 0 spiro atoms. The van der Waals surface area contributed by atoms with Crippen LogP contribution in [0.2, 0.25) is 0 Å². The minimum atomic E-state index is -3.77. The number of benzene rings is 1. The first kappa shape index (κ1) is 13.6. The van der Waals surface area contributed by atoms with E-state index in [-0.39, 0.29) is 15.9 Å². The Morgan fingerprint density at radius 2 is 1.89 bits per heavy atom. The van der Waals surface area contributed by atoms with Gasteiger partial charge in [0.2, 0.25) is 0 Å². The topological polar surface area (TPSA) is 60.4 Å². The van der Waals surface area contributed by atoms with Crippen LogP contribution >= 0.6 is 12.0 Å². The third-order valence-corrected chi connectivity index (χ3v) is 5.39. The molecule has 0 radical (unpaired) electrons. The summed E-state index contributed by atoms with van der Waals surface area (Å²) in [4.78, 5) is 11.7. The lowest BCUT2D eigenvalue weighted by Crippen LogP contribution is -2.22.